The van der Waals surface area contributed by atoms with Crippen molar-refractivity contribution in [1.29, 1.82) is 0 Å². The third kappa shape index (κ3) is 2.93. The summed E-state index contributed by atoms with van der Waals surface area (Å²) < 4.78 is 33.5. The van der Waals surface area contributed by atoms with Gasteiger partial charge >= 0.3 is 11.9 Å². The van der Waals surface area contributed by atoms with E-state index in [1.54, 1.807) is 0 Å². The largest absolute Gasteiger partial charge is 0.468 e. The lowest BCUT2D eigenvalue weighted by molar-refractivity contribution is -0.139. The lowest BCUT2D eigenvalue weighted by atomic mass is 10.2. The molecule has 0 radical (unpaired) electrons. The molecule has 1 atom stereocenters. The molecule has 104 valence electrons. The molecule has 0 bridgehead atoms. The van der Waals surface area contributed by atoms with Crippen LogP contribution in [0.3, 0.4) is 0 Å². The van der Waals surface area contributed by atoms with Gasteiger partial charge in [0.05, 0.1) is 24.7 Å². The van der Waals surface area contributed by atoms with E-state index >= 15 is 0 Å². The van der Waals surface area contributed by atoms with E-state index in [0.29, 0.717) is 0 Å². The number of carbonyl (C=O) groups excluding carboxylic acids is 2. The highest BCUT2D eigenvalue weighted by atomic mass is 32.2. The van der Waals surface area contributed by atoms with Crippen LogP contribution in [0.5, 0.6) is 0 Å². The minimum Gasteiger partial charge on any atom is -0.468 e. The van der Waals surface area contributed by atoms with Crippen molar-refractivity contribution >= 4 is 21.8 Å². The standard InChI is InChI=1S/C12H14O6S/c1-8(11(13)17-2)19(15,16)10-7-5-4-6-9(10)12(14)18-3/h4-8H,1-3H3. The molecule has 7 heteroatoms. The number of hydrogen-bond acceptors (Lipinski definition) is 6. The Morgan fingerprint density at radius 1 is 1.11 bits per heavy atom. The molecule has 19 heavy (non-hydrogen) atoms. The van der Waals surface area contributed by atoms with Crippen LogP contribution >= 0.6 is 0 Å². The van der Waals surface area contributed by atoms with E-state index in [2.05, 4.69) is 9.47 Å². The number of rotatable bonds is 4. The van der Waals surface area contributed by atoms with Gasteiger partial charge in [0, 0.05) is 0 Å². The molecule has 1 unspecified atom stereocenters. The predicted octanol–water partition coefficient (Wildman–Crippen LogP) is 0.808. The summed E-state index contributed by atoms with van der Waals surface area (Å²) in [6.07, 6.45) is 0. The maximum absolute atomic E-state index is 12.3. The normalized spacial score (nSPS) is 12.6. The molecule has 0 aliphatic carbocycles. The summed E-state index contributed by atoms with van der Waals surface area (Å²) in [4.78, 5) is 22.7. The molecule has 0 saturated heterocycles. The summed E-state index contributed by atoms with van der Waals surface area (Å²) in [5, 5.41) is -1.40. The molecule has 0 saturated carbocycles. The van der Waals surface area contributed by atoms with Crippen LogP contribution < -0.4 is 0 Å². The van der Waals surface area contributed by atoms with Gasteiger partial charge in [0.25, 0.3) is 0 Å². The average Bonchev–Trinajstić information content (AvgIpc) is 2.44. The van der Waals surface area contributed by atoms with E-state index in [-0.39, 0.29) is 10.5 Å². The summed E-state index contributed by atoms with van der Waals surface area (Å²) in [6, 6.07) is 5.54. The number of ether oxygens (including phenoxy) is 2. The molecule has 1 aromatic rings. The Kier molecular flexibility index (Phi) is 4.66. The van der Waals surface area contributed by atoms with Crippen LogP contribution in [0, 0.1) is 0 Å². The first-order valence-corrected chi connectivity index (χ1v) is 6.90. The first-order valence-electron chi connectivity index (χ1n) is 5.35. The summed E-state index contributed by atoms with van der Waals surface area (Å²) in [6.45, 7) is 1.20. The Hall–Kier alpha value is -1.89. The molecule has 0 amide bonds. The summed E-state index contributed by atoms with van der Waals surface area (Å²) in [5.41, 5.74) is -0.110. The van der Waals surface area contributed by atoms with Crippen molar-refractivity contribution < 1.29 is 27.5 Å². The topological polar surface area (TPSA) is 86.7 Å². The lowest BCUT2D eigenvalue weighted by Gasteiger charge is -2.13. The fourth-order valence-corrected chi connectivity index (χ4v) is 2.93. The van der Waals surface area contributed by atoms with Crippen LogP contribution in [0.25, 0.3) is 0 Å². The molecule has 0 spiro atoms. The van der Waals surface area contributed by atoms with Crippen molar-refractivity contribution in [2.75, 3.05) is 14.2 Å². The zero-order chi connectivity index (χ0) is 14.6. The quantitative estimate of drug-likeness (QED) is 0.761. The van der Waals surface area contributed by atoms with E-state index in [9.17, 15) is 18.0 Å². The SMILES string of the molecule is COC(=O)c1ccccc1S(=O)(=O)C(C)C(=O)OC. The van der Waals surface area contributed by atoms with Crippen LogP contribution in [-0.4, -0.2) is 39.8 Å². The second-order valence-corrected chi connectivity index (χ2v) is 5.94. The zero-order valence-corrected chi connectivity index (χ0v) is 11.6. The van der Waals surface area contributed by atoms with E-state index in [1.165, 1.54) is 31.2 Å². The Balaban J connectivity index is 3.37. The van der Waals surface area contributed by atoms with Crippen LogP contribution in [0.1, 0.15) is 17.3 Å². The molecule has 0 aliphatic heterocycles. The Labute approximate surface area is 111 Å². The van der Waals surface area contributed by atoms with Gasteiger partial charge in [0.15, 0.2) is 15.1 Å². The van der Waals surface area contributed by atoms with Crippen molar-refractivity contribution in [1.82, 2.24) is 0 Å². The predicted molar refractivity (Wildman–Crippen MR) is 66.4 cm³/mol. The second kappa shape index (κ2) is 5.83. The van der Waals surface area contributed by atoms with E-state index < -0.39 is 27.0 Å². The zero-order valence-electron chi connectivity index (χ0n) is 10.7. The smallest absolute Gasteiger partial charge is 0.339 e. The third-order valence-corrected chi connectivity index (χ3v) is 4.69. The number of methoxy groups -OCH3 is 2. The maximum atomic E-state index is 12.3. The molecule has 1 rings (SSSR count). The molecule has 1 aromatic carbocycles. The van der Waals surface area contributed by atoms with Gasteiger partial charge in [-0.05, 0) is 19.1 Å². The fourth-order valence-electron chi connectivity index (χ4n) is 1.48. The average molecular weight is 286 g/mol. The fraction of sp³-hybridized carbons (Fsp3) is 0.333. The van der Waals surface area contributed by atoms with Gasteiger partial charge < -0.3 is 9.47 Å². The monoisotopic (exact) mass is 286 g/mol. The number of carbonyl (C=O) groups is 2. The van der Waals surface area contributed by atoms with Gasteiger partial charge in [-0.25, -0.2) is 13.2 Å². The Morgan fingerprint density at radius 3 is 2.21 bits per heavy atom. The summed E-state index contributed by atoms with van der Waals surface area (Å²) in [5.74, 6) is -1.67. The molecule has 0 aliphatic rings. The van der Waals surface area contributed by atoms with Crippen molar-refractivity contribution in [3.8, 4) is 0 Å². The highest BCUT2D eigenvalue weighted by molar-refractivity contribution is 7.92. The molecule has 0 fully saturated rings. The minimum atomic E-state index is -4.01. The van der Waals surface area contributed by atoms with Crippen molar-refractivity contribution in [3.63, 3.8) is 0 Å². The van der Waals surface area contributed by atoms with Crippen molar-refractivity contribution in [2.24, 2.45) is 0 Å². The molecule has 0 heterocycles. The van der Waals surface area contributed by atoms with Crippen LogP contribution in [0.15, 0.2) is 29.2 Å². The molecule has 0 aromatic heterocycles. The van der Waals surface area contributed by atoms with Gasteiger partial charge in [-0.15, -0.1) is 0 Å². The van der Waals surface area contributed by atoms with Crippen molar-refractivity contribution in [2.45, 2.75) is 17.1 Å². The third-order valence-electron chi connectivity index (χ3n) is 2.60. The number of hydrogen-bond donors (Lipinski definition) is 0. The van der Waals surface area contributed by atoms with E-state index in [1.807, 2.05) is 0 Å². The van der Waals surface area contributed by atoms with Crippen LogP contribution in [0.2, 0.25) is 0 Å². The number of benzene rings is 1. The molecular weight excluding hydrogens is 272 g/mol. The summed E-state index contributed by atoms with van der Waals surface area (Å²) in [7, 11) is -1.77. The Bertz CT molecular complexity index is 590. The lowest BCUT2D eigenvalue weighted by Crippen LogP contribution is -2.29. The van der Waals surface area contributed by atoms with Crippen molar-refractivity contribution in [3.05, 3.63) is 29.8 Å². The van der Waals surface area contributed by atoms with Crippen LogP contribution in [-0.2, 0) is 24.1 Å². The van der Waals surface area contributed by atoms with Crippen LogP contribution in [0.4, 0.5) is 0 Å². The molecule has 6 nitrogen and oxygen atoms in total. The van der Waals surface area contributed by atoms with E-state index in [0.717, 1.165) is 14.2 Å². The van der Waals surface area contributed by atoms with E-state index in [4.69, 9.17) is 0 Å². The highest BCUT2D eigenvalue weighted by Crippen LogP contribution is 2.21. The maximum Gasteiger partial charge on any atom is 0.339 e. The first-order chi connectivity index (χ1) is 8.86. The highest BCUT2D eigenvalue weighted by Gasteiger charge is 2.33. The minimum absolute atomic E-state index is 0.110. The Morgan fingerprint density at radius 2 is 1.68 bits per heavy atom. The molecule has 0 N–H and O–H groups in total. The number of esters is 2. The summed E-state index contributed by atoms with van der Waals surface area (Å²) >= 11 is 0. The van der Waals surface area contributed by atoms with Gasteiger partial charge in [0.1, 0.15) is 0 Å². The van der Waals surface area contributed by atoms with Gasteiger partial charge in [-0.3, -0.25) is 4.79 Å². The van der Waals surface area contributed by atoms with Gasteiger partial charge in [-0.2, -0.15) is 0 Å². The number of sulfone groups is 1. The van der Waals surface area contributed by atoms with Gasteiger partial charge in [0.2, 0.25) is 0 Å². The van der Waals surface area contributed by atoms with Gasteiger partial charge in [-0.1, -0.05) is 12.1 Å². The molecular formula is C12H14O6S. The first kappa shape index (κ1) is 15.2. The second-order valence-electron chi connectivity index (χ2n) is 3.70.